The third kappa shape index (κ3) is 3.88. The second-order valence-corrected chi connectivity index (χ2v) is 6.18. The molecule has 128 valence electrons. The van der Waals surface area contributed by atoms with Crippen molar-refractivity contribution < 1.29 is 9.47 Å². The molecule has 0 N–H and O–H groups in total. The van der Waals surface area contributed by atoms with Gasteiger partial charge in [-0.05, 0) is 59.4 Å². The Kier molecular flexibility index (Phi) is 6.59. The maximum Gasteiger partial charge on any atom is 0.138 e. The van der Waals surface area contributed by atoms with Gasteiger partial charge in [-0.3, -0.25) is 0 Å². The molecule has 0 spiro atoms. The van der Waals surface area contributed by atoms with Crippen LogP contribution in [0.3, 0.4) is 0 Å². The Morgan fingerprint density at radius 2 is 1.12 bits per heavy atom. The minimum atomic E-state index is 0.614. The molecular weight excluding hydrogens is 343 g/mol. The van der Waals surface area contributed by atoms with E-state index in [-0.39, 0.29) is 0 Å². The van der Waals surface area contributed by atoms with Gasteiger partial charge in [-0.25, -0.2) is 0 Å². The van der Waals surface area contributed by atoms with E-state index in [4.69, 9.17) is 32.7 Å². The maximum absolute atomic E-state index is 6.16. The lowest BCUT2D eigenvalue weighted by molar-refractivity contribution is 0.414. The van der Waals surface area contributed by atoms with Crippen LogP contribution in [0.25, 0.3) is 11.1 Å². The normalized spacial score (nSPS) is 11.9. The number of rotatable bonds is 6. The first-order valence-corrected chi connectivity index (χ1v) is 8.71. The summed E-state index contributed by atoms with van der Waals surface area (Å²) in [5.74, 6) is 1.37. The summed E-state index contributed by atoms with van der Waals surface area (Å²) < 4.78 is 10.7. The molecule has 0 amide bonds. The van der Waals surface area contributed by atoms with Crippen molar-refractivity contribution in [1.82, 2.24) is 0 Å². The predicted octanol–water partition coefficient (Wildman–Crippen LogP) is 6.74. The summed E-state index contributed by atoms with van der Waals surface area (Å²) in [6.07, 6.45) is 1.80. The molecule has 0 bridgehead atoms. The van der Waals surface area contributed by atoms with Gasteiger partial charge >= 0.3 is 0 Å². The monoisotopic (exact) mass is 364 g/mol. The number of ether oxygens (including phenoxy) is 2. The van der Waals surface area contributed by atoms with Crippen molar-refractivity contribution in [2.75, 3.05) is 14.2 Å². The first kappa shape index (κ1) is 18.7. The zero-order chi connectivity index (χ0) is 17.7. The fourth-order valence-corrected chi connectivity index (χ4v) is 3.27. The van der Waals surface area contributed by atoms with Gasteiger partial charge in [0.2, 0.25) is 0 Å². The molecule has 0 aliphatic heterocycles. The summed E-state index contributed by atoms with van der Waals surface area (Å²) >= 11 is 12.3. The summed E-state index contributed by atoms with van der Waals surface area (Å²) in [5, 5.41) is 1.23. The van der Waals surface area contributed by atoms with Crippen molar-refractivity contribution >= 4 is 34.3 Å². The van der Waals surface area contributed by atoms with Gasteiger partial charge in [-0.1, -0.05) is 49.2 Å². The summed E-state index contributed by atoms with van der Waals surface area (Å²) in [5.41, 5.74) is 4.75. The van der Waals surface area contributed by atoms with Crippen LogP contribution in [0, 0.1) is 0 Å². The molecule has 0 aliphatic carbocycles. The first-order chi connectivity index (χ1) is 11.5. The SMILES string of the molecule is CC/C(=C(\CC)c1ccc(Cl)c(OC)c1)c1ccc(Cl)c(OC)c1. The molecule has 0 aromatic heterocycles. The standard InChI is InChI=1S/C20H22Cl2O2/c1-5-15(13-7-9-17(21)19(11-13)23-3)16(6-2)14-8-10-18(22)20(12-14)24-4/h7-12H,5-6H2,1-4H3/b16-15-. The molecule has 0 radical (unpaired) electrons. The molecule has 2 nitrogen and oxygen atoms in total. The molecule has 0 aliphatic rings. The van der Waals surface area contributed by atoms with Crippen molar-refractivity contribution in [3.05, 3.63) is 57.6 Å². The van der Waals surface area contributed by atoms with Crippen molar-refractivity contribution in [3.8, 4) is 11.5 Å². The third-order valence-electron chi connectivity index (χ3n) is 4.07. The Morgan fingerprint density at radius 3 is 1.42 bits per heavy atom. The zero-order valence-electron chi connectivity index (χ0n) is 14.5. The second kappa shape index (κ2) is 8.46. The van der Waals surface area contributed by atoms with Crippen LogP contribution in [0.4, 0.5) is 0 Å². The predicted molar refractivity (Wildman–Crippen MR) is 103 cm³/mol. The average Bonchev–Trinajstić information content (AvgIpc) is 2.61. The fourth-order valence-electron chi connectivity index (χ4n) is 2.88. The van der Waals surface area contributed by atoms with Crippen molar-refractivity contribution in [2.45, 2.75) is 26.7 Å². The molecule has 4 heteroatoms. The van der Waals surface area contributed by atoms with Crippen LogP contribution in [0.1, 0.15) is 37.8 Å². The van der Waals surface area contributed by atoms with Gasteiger partial charge < -0.3 is 9.47 Å². The van der Waals surface area contributed by atoms with E-state index in [0.29, 0.717) is 21.5 Å². The summed E-state index contributed by atoms with van der Waals surface area (Å²) in [6.45, 7) is 4.30. The molecule has 2 aromatic rings. The van der Waals surface area contributed by atoms with Gasteiger partial charge in [0.15, 0.2) is 0 Å². The molecule has 0 saturated carbocycles. The van der Waals surface area contributed by atoms with E-state index in [9.17, 15) is 0 Å². The maximum atomic E-state index is 6.16. The average molecular weight is 365 g/mol. The third-order valence-corrected chi connectivity index (χ3v) is 4.70. The number of hydrogen-bond acceptors (Lipinski definition) is 2. The topological polar surface area (TPSA) is 18.5 Å². The molecule has 0 heterocycles. The second-order valence-electron chi connectivity index (χ2n) is 5.36. The van der Waals surface area contributed by atoms with E-state index >= 15 is 0 Å². The lowest BCUT2D eigenvalue weighted by atomic mass is 9.91. The highest BCUT2D eigenvalue weighted by atomic mass is 35.5. The first-order valence-electron chi connectivity index (χ1n) is 7.95. The number of methoxy groups -OCH3 is 2. The number of halogens is 2. The van der Waals surface area contributed by atoms with Crippen LogP contribution >= 0.6 is 23.2 Å². The zero-order valence-corrected chi connectivity index (χ0v) is 16.0. The van der Waals surface area contributed by atoms with E-state index in [0.717, 1.165) is 24.0 Å². The lowest BCUT2D eigenvalue weighted by Crippen LogP contribution is -1.94. The van der Waals surface area contributed by atoms with Crippen LogP contribution in [0.2, 0.25) is 10.0 Å². The molecular formula is C20H22Cl2O2. The van der Waals surface area contributed by atoms with Gasteiger partial charge in [-0.15, -0.1) is 0 Å². The molecule has 0 atom stereocenters. The highest BCUT2D eigenvalue weighted by molar-refractivity contribution is 6.32. The highest BCUT2D eigenvalue weighted by Gasteiger charge is 2.13. The quantitative estimate of drug-likeness (QED) is 0.528. The smallest absolute Gasteiger partial charge is 0.138 e. The van der Waals surface area contributed by atoms with E-state index in [1.54, 1.807) is 14.2 Å². The minimum absolute atomic E-state index is 0.614. The Balaban J connectivity index is 2.62. The van der Waals surface area contributed by atoms with Crippen LogP contribution in [0.5, 0.6) is 11.5 Å². The number of allylic oxidation sites excluding steroid dienone is 2. The molecule has 2 aromatic carbocycles. The minimum Gasteiger partial charge on any atom is -0.495 e. The Labute approximate surface area is 154 Å². The van der Waals surface area contributed by atoms with Crippen LogP contribution < -0.4 is 9.47 Å². The lowest BCUT2D eigenvalue weighted by Gasteiger charge is -2.16. The van der Waals surface area contributed by atoms with Crippen molar-refractivity contribution in [1.29, 1.82) is 0 Å². The van der Waals surface area contributed by atoms with Gasteiger partial charge in [-0.2, -0.15) is 0 Å². The number of hydrogen-bond donors (Lipinski definition) is 0. The molecule has 2 rings (SSSR count). The van der Waals surface area contributed by atoms with Gasteiger partial charge in [0.1, 0.15) is 11.5 Å². The Hall–Kier alpha value is -1.64. The van der Waals surface area contributed by atoms with Crippen LogP contribution in [0.15, 0.2) is 36.4 Å². The highest BCUT2D eigenvalue weighted by Crippen LogP contribution is 2.37. The van der Waals surface area contributed by atoms with Gasteiger partial charge in [0.25, 0.3) is 0 Å². The molecule has 0 unspecified atom stereocenters. The van der Waals surface area contributed by atoms with Gasteiger partial charge in [0.05, 0.1) is 24.3 Å². The van der Waals surface area contributed by atoms with E-state index in [1.807, 2.05) is 36.4 Å². The van der Waals surface area contributed by atoms with Crippen molar-refractivity contribution in [2.24, 2.45) is 0 Å². The Bertz CT molecular complexity index is 688. The summed E-state index contributed by atoms with van der Waals surface area (Å²) in [6, 6.07) is 11.8. The fraction of sp³-hybridized carbons (Fsp3) is 0.300. The Morgan fingerprint density at radius 1 is 0.750 bits per heavy atom. The molecule has 0 saturated heterocycles. The largest absolute Gasteiger partial charge is 0.495 e. The number of benzene rings is 2. The van der Waals surface area contributed by atoms with E-state index < -0.39 is 0 Å². The molecule has 24 heavy (non-hydrogen) atoms. The van der Waals surface area contributed by atoms with E-state index in [2.05, 4.69) is 13.8 Å². The van der Waals surface area contributed by atoms with E-state index in [1.165, 1.54) is 11.1 Å². The van der Waals surface area contributed by atoms with Crippen molar-refractivity contribution in [3.63, 3.8) is 0 Å². The van der Waals surface area contributed by atoms with Crippen LogP contribution in [-0.4, -0.2) is 14.2 Å². The van der Waals surface area contributed by atoms with Crippen LogP contribution in [-0.2, 0) is 0 Å². The summed E-state index contributed by atoms with van der Waals surface area (Å²) in [7, 11) is 3.26. The van der Waals surface area contributed by atoms with Gasteiger partial charge in [0, 0.05) is 0 Å². The summed E-state index contributed by atoms with van der Waals surface area (Å²) in [4.78, 5) is 0. The molecule has 0 fully saturated rings.